The van der Waals surface area contributed by atoms with Gasteiger partial charge >= 0.3 is 0 Å². The predicted molar refractivity (Wildman–Crippen MR) is 152 cm³/mol. The second kappa shape index (κ2) is 6.92. The monoisotopic (exact) mass is 706 g/mol. The summed E-state index contributed by atoms with van der Waals surface area (Å²) in [5.74, 6) is 0. The smallest absolute Gasteiger partial charge is 0.0359 e. The molecule has 0 aliphatic carbocycles. The van der Waals surface area contributed by atoms with Crippen LogP contribution in [0.1, 0.15) is 0 Å². The molecule has 0 bridgehead atoms. The van der Waals surface area contributed by atoms with Crippen LogP contribution in [0.3, 0.4) is 0 Å². The Labute approximate surface area is 209 Å². The number of benzene rings is 6. The third-order valence-electron chi connectivity index (χ3n) is 5.84. The van der Waals surface area contributed by atoms with E-state index in [2.05, 4.69) is 147 Å². The van der Waals surface area contributed by atoms with E-state index in [0.717, 1.165) is 0 Å². The van der Waals surface area contributed by atoms with Gasteiger partial charge in [0.1, 0.15) is 0 Å². The Kier molecular flexibility index (Phi) is 4.43. The Hall–Kier alpha value is -1.19. The first-order valence-electron chi connectivity index (χ1n) is 9.38. The molecule has 0 unspecified atom stereocenters. The summed E-state index contributed by atoms with van der Waals surface area (Å²) >= 11 is 7.57. The summed E-state index contributed by atoms with van der Waals surface area (Å²) in [6, 6.07) is 29.0. The van der Waals surface area contributed by atoms with Gasteiger partial charge in [-0.25, -0.2) is 0 Å². The van der Waals surface area contributed by atoms with Crippen LogP contribution in [-0.2, 0) is 0 Å². The summed E-state index contributed by atoms with van der Waals surface area (Å²) in [5.41, 5.74) is 0. The van der Waals surface area contributed by atoms with Gasteiger partial charge in [0.25, 0.3) is 0 Å². The van der Waals surface area contributed by atoms with Crippen molar-refractivity contribution in [3.05, 3.63) is 89.6 Å². The lowest BCUT2D eigenvalue weighted by Gasteiger charge is -2.17. The van der Waals surface area contributed by atoms with Crippen molar-refractivity contribution in [1.82, 2.24) is 0 Å². The fourth-order valence-electron chi connectivity index (χ4n) is 4.64. The molecule has 138 valence electrons. The zero-order chi connectivity index (χ0) is 19.7. The average molecular weight is 706 g/mol. The van der Waals surface area contributed by atoms with E-state index in [-0.39, 0.29) is 0 Å². The van der Waals surface area contributed by atoms with Gasteiger partial charge in [0.15, 0.2) is 0 Å². The molecule has 6 aromatic rings. The van der Waals surface area contributed by atoms with E-state index < -0.39 is 0 Å². The molecule has 0 atom stereocenters. The third kappa shape index (κ3) is 2.59. The van der Waals surface area contributed by atoms with E-state index in [1.165, 1.54) is 64.6 Å². The Morgan fingerprint density at radius 2 is 0.759 bits per heavy atom. The lowest BCUT2D eigenvalue weighted by atomic mass is 9.90. The topological polar surface area (TPSA) is 0 Å². The maximum atomic E-state index is 2.56. The molecule has 0 saturated heterocycles. The zero-order valence-corrected chi connectivity index (χ0v) is 21.6. The fraction of sp³-hybridized carbons (Fsp3) is 0. The van der Waals surface area contributed by atoms with E-state index in [0.29, 0.717) is 0 Å². The van der Waals surface area contributed by atoms with Crippen LogP contribution in [0, 0.1) is 10.7 Å². The SMILES string of the molecule is Ic1cccc2c1c(I)c(I)c1c2ccc2c3ccccc3c3ccccc3c21. The van der Waals surface area contributed by atoms with E-state index in [1.807, 2.05) is 0 Å². The second-order valence-corrected chi connectivity index (χ2v) is 10.6. The van der Waals surface area contributed by atoms with Gasteiger partial charge in [-0.05, 0) is 117 Å². The molecular formula is C26H13I3. The first-order chi connectivity index (χ1) is 14.2. The van der Waals surface area contributed by atoms with Crippen molar-refractivity contribution >= 4 is 122 Å². The minimum atomic E-state index is 1.31. The minimum absolute atomic E-state index is 1.31. The molecular weight excluding hydrogens is 693 g/mol. The van der Waals surface area contributed by atoms with Gasteiger partial charge in [0, 0.05) is 21.5 Å². The quantitative estimate of drug-likeness (QED) is 0.109. The standard InChI is InChI=1S/C26H13I3/c27-21-11-5-10-18-20-13-12-19-16-8-2-1-6-14(16)15-7-3-4-9-17(15)22(19)24(20)26(29)25(28)23(18)21/h1-13H. The van der Waals surface area contributed by atoms with Crippen molar-refractivity contribution in [3.63, 3.8) is 0 Å². The second-order valence-electron chi connectivity index (χ2n) is 7.29. The van der Waals surface area contributed by atoms with Crippen LogP contribution in [0.2, 0.25) is 0 Å². The summed E-state index contributed by atoms with van der Waals surface area (Å²) in [6.07, 6.45) is 0. The first-order valence-corrected chi connectivity index (χ1v) is 12.6. The molecule has 0 radical (unpaired) electrons. The Morgan fingerprint density at radius 3 is 1.41 bits per heavy atom. The molecule has 0 heterocycles. The molecule has 6 rings (SSSR count). The van der Waals surface area contributed by atoms with E-state index in [1.54, 1.807) is 0 Å². The number of halogens is 3. The van der Waals surface area contributed by atoms with Gasteiger partial charge in [-0.1, -0.05) is 72.8 Å². The van der Waals surface area contributed by atoms with Crippen molar-refractivity contribution < 1.29 is 0 Å². The maximum absolute atomic E-state index is 2.56. The minimum Gasteiger partial charge on any atom is -0.0616 e. The van der Waals surface area contributed by atoms with Crippen molar-refractivity contribution in [3.8, 4) is 0 Å². The number of rotatable bonds is 0. The Balaban J connectivity index is 2.03. The highest BCUT2D eigenvalue weighted by atomic mass is 127. The van der Waals surface area contributed by atoms with Gasteiger partial charge in [-0.15, -0.1) is 0 Å². The van der Waals surface area contributed by atoms with Crippen molar-refractivity contribution in [2.24, 2.45) is 0 Å². The molecule has 0 N–H and O–H groups in total. The number of fused-ring (bicyclic) bond motifs is 10. The van der Waals surface area contributed by atoms with Crippen molar-refractivity contribution in [2.45, 2.75) is 0 Å². The largest absolute Gasteiger partial charge is 0.0616 e. The molecule has 29 heavy (non-hydrogen) atoms. The van der Waals surface area contributed by atoms with Crippen LogP contribution in [0.25, 0.3) is 53.9 Å². The average Bonchev–Trinajstić information content (AvgIpc) is 2.76. The normalized spacial score (nSPS) is 12.0. The highest BCUT2D eigenvalue weighted by molar-refractivity contribution is 14.1. The van der Waals surface area contributed by atoms with Gasteiger partial charge < -0.3 is 0 Å². The van der Waals surface area contributed by atoms with Crippen LogP contribution in [-0.4, -0.2) is 0 Å². The highest BCUT2D eigenvalue weighted by Gasteiger charge is 2.18. The molecule has 6 aromatic carbocycles. The summed E-state index contributed by atoms with van der Waals surface area (Å²) in [4.78, 5) is 0. The zero-order valence-electron chi connectivity index (χ0n) is 15.1. The van der Waals surface area contributed by atoms with E-state index in [4.69, 9.17) is 0 Å². The van der Waals surface area contributed by atoms with Crippen LogP contribution < -0.4 is 0 Å². The Bertz CT molecular complexity index is 1600. The Morgan fingerprint density at radius 1 is 0.345 bits per heavy atom. The lowest BCUT2D eigenvalue weighted by molar-refractivity contribution is 1.68. The van der Waals surface area contributed by atoms with Crippen LogP contribution >= 0.6 is 67.8 Å². The van der Waals surface area contributed by atoms with Crippen LogP contribution in [0.15, 0.2) is 78.9 Å². The summed E-state index contributed by atoms with van der Waals surface area (Å²) in [7, 11) is 0. The highest BCUT2D eigenvalue weighted by Crippen LogP contribution is 2.44. The lowest BCUT2D eigenvalue weighted by Crippen LogP contribution is -1.93. The van der Waals surface area contributed by atoms with Gasteiger partial charge in [-0.3, -0.25) is 0 Å². The predicted octanol–water partition coefficient (Wildman–Crippen LogP) is 9.27. The molecule has 0 nitrogen and oxygen atoms in total. The van der Waals surface area contributed by atoms with Gasteiger partial charge in [0.05, 0.1) is 0 Å². The van der Waals surface area contributed by atoms with E-state index in [9.17, 15) is 0 Å². The molecule has 3 heteroatoms. The first kappa shape index (κ1) is 18.6. The molecule has 0 aromatic heterocycles. The summed E-state index contributed by atoms with van der Waals surface area (Å²) in [6.45, 7) is 0. The summed E-state index contributed by atoms with van der Waals surface area (Å²) < 4.78 is 4.01. The van der Waals surface area contributed by atoms with E-state index >= 15 is 0 Å². The molecule has 0 amide bonds. The van der Waals surface area contributed by atoms with Crippen LogP contribution in [0.5, 0.6) is 0 Å². The third-order valence-corrected chi connectivity index (χ3v) is 9.93. The molecule has 0 aliphatic rings. The van der Waals surface area contributed by atoms with Crippen LogP contribution in [0.4, 0.5) is 0 Å². The molecule has 0 fully saturated rings. The van der Waals surface area contributed by atoms with Crippen molar-refractivity contribution in [1.29, 1.82) is 0 Å². The molecule has 0 aliphatic heterocycles. The van der Waals surface area contributed by atoms with Crippen molar-refractivity contribution in [2.75, 3.05) is 0 Å². The molecule has 0 saturated carbocycles. The van der Waals surface area contributed by atoms with Gasteiger partial charge in [0.2, 0.25) is 0 Å². The maximum Gasteiger partial charge on any atom is 0.0359 e. The molecule has 0 spiro atoms. The number of hydrogen-bond acceptors (Lipinski definition) is 0. The summed E-state index contributed by atoms with van der Waals surface area (Å²) in [5, 5.41) is 13.5. The number of hydrogen-bond donors (Lipinski definition) is 0. The fourth-order valence-corrected chi connectivity index (χ4v) is 7.60. The van der Waals surface area contributed by atoms with Gasteiger partial charge in [-0.2, -0.15) is 0 Å².